The number of carbonyl (C=O) groups excluding carboxylic acids is 1. The molecule has 1 aromatic rings. The Kier molecular flexibility index (Phi) is 6.78. The molecule has 0 aromatic carbocycles. The molecule has 6 nitrogen and oxygen atoms in total. The first-order valence-corrected chi connectivity index (χ1v) is 8.12. The summed E-state index contributed by atoms with van der Waals surface area (Å²) in [5.74, 6) is 2.39. The minimum Gasteiger partial charge on any atom is -0.473 e. The molecule has 1 aliphatic rings. The second-order valence-corrected chi connectivity index (χ2v) is 5.73. The Balaban J connectivity index is 1.80. The monoisotopic (exact) mass is 312 g/mol. The summed E-state index contributed by atoms with van der Waals surface area (Å²) >= 11 is 1.87. The van der Waals surface area contributed by atoms with Crippen LogP contribution in [0.25, 0.3) is 0 Å². The number of aliphatic hydroxyl groups is 1. The standard InChI is InChI=1S/C14H20N2O4S/c17-5-7-19-6-4-16-14(18)11-1-3-15-13(9-11)20-12-2-8-21-10-12/h1,3,9,12,17H,2,4-8,10H2,(H,16,18). The van der Waals surface area contributed by atoms with Gasteiger partial charge in [-0.05, 0) is 18.2 Å². The van der Waals surface area contributed by atoms with Gasteiger partial charge in [-0.15, -0.1) is 0 Å². The topological polar surface area (TPSA) is 80.7 Å². The molecule has 1 aliphatic heterocycles. The second-order valence-electron chi connectivity index (χ2n) is 4.58. The number of pyridine rings is 1. The fourth-order valence-corrected chi connectivity index (χ4v) is 2.99. The fraction of sp³-hybridized carbons (Fsp3) is 0.571. The van der Waals surface area contributed by atoms with E-state index < -0.39 is 0 Å². The van der Waals surface area contributed by atoms with Crippen molar-refractivity contribution in [3.63, 3.8) is 0 Å². The lowest BCUT2D eigenvalue weighted by Crippen LogP contribution is -2.27. The Morgan fingerprint density at radius 1 is 1.52 bits per heavy atom. The summed E-state index contributed by atoms with van der Waals surface area (Å²) in [5, 5.41) is 11.3. The van der Waals surface area contributed by atoms with Gasteiger partial charge in [0.1, 0.15) is 6.10 Å². The van der Waals surface area contributed by atoms with E-state index in [9.17, 15) is 4.79 Å². The van der Waals surface area contributed by atoms with E-state index in [1.807, 2.05) is 11.8 Å². The number of aromatic nitrogens is 1. The van der Waals surface area contributed by atoms with Crippen LogP contribution in [0.4, 0.5) is 0 Å². The molecule has 2 N–H and O–H groups in total. The Hall–Kier alpha value is -1.31. The van der Waals surface area contributed by atoms with Crippen molar-refractivity contribution in [2.75, 3.05) is 37.9 Å². The van der Waals surface area contributed by atoms with Crippen molar-refractivity contribution in [3.8, 4) is 5.88 Å². The van der Waals surface area contributed by atoms with Gasteiger partial charge in [-0.25, -0.2) is 4.98 Å². The molecule has 1 saturated heterocycles. The maximum absolute atomic E-state index is 12.0. The predicted molar refractivity (Wildman–Crippen MR) is 80.8 cm³/mol. The molecule has 21 heavy (non-hydrogen) atoms. The third-order valence-corrected chi connectivity index (χ3v) is 4.07. The van der Waals surface area contributed by atoms with Crippen molar-refractivity contribution in [1.82, 2.24) is 10.3 Å². The lowest BCUT2D eigenvalue weighted by molar-refractivity contribution is 0.0837. The second kappa shape index (κ2) is 8.86. The Morgan fingerprint density at radius 3 is 3.19 bits per heavy atom. The first-order valence-electron chi connectivity index (χ1n) is 6.97. The highest BCUT2D eigenvalue weighted by atomic mass is 32.2. The molecule has 1 atom stereocenters. The number of thioether (sulfide) groups is 1. The molecule has 1 fully saturated rings. The van der Waals surface area contributed by atoms with E-state index in [1.165, 1.54) is 0 Å². The fourth-order valence-electron chi connectivity index (χ4n) is 1.90. The summed E-state index contributed by atoms with van der Waals surface area (Å²) in [5.41, 5.74) is 0.521. The summed E-state index contributed by atoms with van der Waals surface area (Å²) in [6.07, 6.45) is 2.78. The van der Waals surface area contributed by atoms with Gasteiger partial charge in [0.05, 0.1) is 19.8 Å². The van der Waals surface area contributed by atoms with Crippen LogP contribution in [-0.4, -0.2) is 60.0 Å². The van der Waals surface area contributed by atoms with Gasteiger partial charge < -0.3 is 19.9 Å². The minimum absolute atomic E-state index is 0.0154. The van der Waals surface area contributed by atoms with E-state index in [0.717, 1.165) is 17.9 Å². The minimum atomic E-state index is -0.185. The third kappa shape index (κ3) is 5.53. The summed E-state index contributed by atoms with van der Waals surface area (Å²) in [6.45, 7) is 1.04. The summed E-state index contributed by atoms with van der Waals surface area (Å²) in [6, 6.07) is 3.31. The van der Waals surface area contributed by atoms with Crippen LogP contribution in [0.1, 0.15) is 16.8 Å². The van der Waals surface area contributed by atoms with Crippen molar-refractivity contribution in [1.29, 1.82) is 0 Å². The first kappa shape index (κ1) is 16.1. The Morgan fingerprint density at radius 2 is 2.43 bits per heavy atom. The van der Waals surface area contributed by atoms with E-state index in [2.05, 4.69) is 10.3 Å². The number of hydrogen-bond acceptors (Lipinski definition) is 6. The molecule has 7 heteroatoms. The zero-order valence-electron chi connectivity index (χ0n) is 11.8. The number of rotatable bonds is 8. The predicted octanol–water partition coefficient (Wildman–Crippen LogP) is 0.705. The van der Waals surface area contributed by atoms with Crippen molar-refractivity contribution < 1.29 is 19.4 Å². The molecule has 2 heterocycles. The Labute approximate surface area is 128 Å². The van der Waals surface area contributed by atoms with Crippen molar-refractivity contribution in [2.45, 2.75) is 12.5 Å². The quantitative estimate of drug-likeness (QED) is 0.688. The van der Waals surface area contributed by atoms with E-state index in [4.69, 9.17) is 14.6 Å². The molecule has 1 unspecified atom stereocenters. The molecular weight excluding hydrogens is 292 g/mol. The van der Waals surface area contributed by atoms with E-state index in [1.54, 1.807) is 18.3 Å². The number of amides is 1. The van der Waals surface area contributed by atoms with Gasteiger partial charge in [0.25, 0.3) is 5.91 Å². The number of aliphatic hydroxyl groups excluding tert-OH is 1. The Bertz CT molecular complexity index is 452. The van der Waals surface area contributed by atoms with E-state index in [0.29, 0.717) is 24.6 Å². The summed E-state index contributed by atoms with van der Waals surface area (Å²) < 4.78 is 10.8. The zero-order chi connectivity index (χ0) is 14.9. The molecule has 0 bridgehead atoms. The summed E-state index contributed by atoms with van der Waals surface area (Å²) in [7, 11) is 0. The van der Waals surface area contributed by atoms with Crippen LogP contribution in [0, 0.1) is 0 Å². The number of nitrogens with zero attached hydrogens (tertiary/aromatic N) is 1. The molecule has 0 spiro atoms. The van der Waals surface area contributed by atoms with Gasteiger partial charge in [0.15, 0.2) is 0 Å². The molecule has 0 radical (unpaired) electrons. The smallest absolute Gasteiger partial charge is 0.251 e. The van der Waals surface area contributed by atoms with Crippen LogP contribution in [0.3, 0.4) is 0 Å². The largest absolute Gasteiger partial charge is 0.473 e. The highest BCUT2D eigenvalue weighted by Gasteiger charge is 2.18. The van der Waals surface area contributed by atoms with E-state index >= 15 is 0 Å². The van der Waals surface area contributed by atoms with Crippen molar-refractivity contribution >= 4 is 17.7 Å². The number of ether oxygens (including phenoxy) is 2. The van der Waals surface area contributed by atoms with Crippen LogP contribution in [-0.2, 0) is 4.74 Å². The number of nitrogens with one attached hydrogen (secondary N) is 1. The van der Waals surface area contributed by atoms with Gasteiger partial charge in [-0.3, -0.25) is 4.79 Å². The van der Waals surface area contributed by atoms with Crippen LogP contribution < -0.4 is 10.1 Å². The molecule has 0 saturated carbocycles. The number of hydrogen-bond donors (Lipinski definition) is 2. The van der Waals surface area contributed by atoms with E-state index in [-0.39, 0.29) is 25.2 Å². The van der Waals surface area contributed by atoms with Crippen molar-refractivity contribution in [3.05, 3.63) is 23.9 Å². The average Bonchev–Trinajstić information content (AvgIpc) is 3.00. The molecule has 2 rings (SSSR count). The van der Waals surface area contributed by atoms with Gasteiger partial charge >= 0.3 is 0 Å². The maximum atomic E-state index is 12.0. The van der Waals surface area contributed by atoms with Crippen LogP contribution in [0.15, 0.2) is 18.3 Å². The highest BCUT2D eigenvalue weighted by molar-refractivity contribution is 7.99. The first-order chi connectivity index (χ1) is 10.3. The van der Waals surface area contributed by atoms with Crippen molar-refractivity contribution in [2.24, 2.45) is 0 Å². The molecule has 1 aromatic heterocycles. The molecule has 116 valence electrons. The van der Waals surface area contributed by atoms with Crippen LogP contribution in [0.2, 0.25) is 0 Å². The summed E-state index contributed by atoms with van der Waals surface area (Å²) in [4.78, 5) is 16.1. The van der Waals surface area contributed by atoms with Crippen LogP contribution in [0.5, 0.6) is 5.88 Å². The number of carbonyl (C=O) groups is 1. The average molecular weight is 312 g/mol. The van der Waals surface area contributed by atoms with Gasteiger partial charge in [0, 0.05) is 30.1 Å². The van der Waals surface area contributed by atoms with Gasteiger partial charge in [-0.1, -0.05) is 0 Å². The lowest BCUT2D eigenvalue weighted by Gasteiger charge is -2.12. The maximum Gasteiger partial charge on any atom is 0.251 e. The SMILES string of the molecule is O=C(NCCOCCO)c1ccnc(OC2CCSC2)c1. The van der Waals surface area contributed by atoms with Gasteiger partial charge in [0.2, 0.25) is 5.88 Å². The zero-order valence-corrected chi connectivity index (χ0v) is 12.6. The molecule has 1 amide bonds. The highest BCUT2D eigenvalue weighted by Crippen LogP contribution is 2.22. The third-order valence-electron chi connectivity index (χ3n) is 2.94. The van der Waals surface area contributed by atoms with Gasteiger partial charge in [-0.2, -0.15) is 11.8 Å². The molecular formula is C14H20N2O4S. The lowest BCUT2D eigenvalue weighted by atomic mass is 10.2. The van der Waals surface area contributed by atoms with Crippen LogP contribution >= 0.6 is 11.8 Å². The molecule has 0 aliphatic carbocycles. The normalized spacial score (nSPS) is 17.7.